The Morgan fingerprint density at radius 2 is 1.76 bits per heavy atom. The number of rotatable bonds is 7. The maximum Gasteiger partial charge on any atom is 0.416 e. The first-order valence-corrected chi connectivity index (χ1v) is 9.30. The van der Waals surface area contributed by atoms with Crippen LogP contribution in [0.2, 0.25) is 0 Å². The van der Waals surface area contributed by atoms with Gasteiger partial charge >= 0.3 is 6.18 Å². The van der Waals surface area contributed by atoms with Gasteiger partial charge in [-0.2, -0.15) is 13.2 Å². The van der Waals surface area contributed by atoms with E-state index in [-0.39, 0.29) is 0 Å². The summed E-state index contributed by atoms with van der Waals surface area (Å²) in [6.45, 7) is 10.0. The first kappa shape index (κ1) is 20.6. The van der Waals surface area contributed by atoms with E-state index in [4.69, 9.17) is 10.5 Å². The lowest BCUT2D eigenvalue weighted by molar-refractivity contribution is -0.137. The van der Waals surface area contributed by atoms with Gasteiger partial charge in [-0.3, -0.25) is 0 Å². The quantitative estimate of drug-likeness (QED) is 0.699. The van der Waals surface area contributed by atoms with Crippen molar-refractivity contribution in [1.29, 1.82) is 0 Å². The zero-order valence-electron chi connectivity index (χ0n) is 16.1. The fourth-order valence-corrected chi connectivity index (χ4v) is 3.24. The fraction of sp³-hybridized carbons (Fsp3) is 0.273. The molecule has 0 bridgehead atoms. The number of hydrogen-bond acceptors (Lipinski definition) is 4. The highest BCUT2D eigenvalue weighted by Gasteiger charge is 2.30. The van der Waals surface area contributed by atoms with Gasteiger partial charge in [-0.15, -0.1) is 0 Å². The SMILES string of the molecule is C=C(N)NCCC(=C)N1CCc2ccc(Oc3ccc(C(F)(F)F)cc3)cc2C1. The molecule has 154 valence electrons. The zero-order valence-corrected chi connectivity index (χ0v) is 16.1. The number of hydrogen-bond donors (Lipinski definition) is 2. The Hall–Kier alpha value is -3.09. The van der Waals surface area contributed by atoms with Crippen molar-refractivity contribution in [3.8, 4) is 11.5 Å². The Balaban J connectivity index is 1.65. The van der Waals surface area contributed by atoms with Crippen molar-refractivity contribution in [2.24, 2.45) is 5.73 Å². The average molecular weight is 403 g/mol. The van der Waals surface area contributed by atoms with E-state index in [1.807, 2.05) is 18.2 Å². The number of fused-ring (bicyclic) bond motifs is 1. The van der Waals surface area contributed by atoms with Crippen LogP contribution in [-0.2, 0) is 19.1 Å². The van der Waals surface area contributed by atoms with Crippen LogP contribution < -0.4 is 15.8 Å². The van der Waals surface area contributed by atoms with E-state index in [1.165, 1.54) is 17.7 Å². The van der Waals surface area contributed by atoms with E-state index in [0.29, 0.717) is 30.4 Å². The highest BCUT2D eigenvalue weighted by molar-refractivity contribution is 5.40. The Morgan fingerprint density at radius 3 is 2.41 bits per heavy atom. The van der Waals surface area contributed by atoms with Crippen LogP contribution in [0.3, 0.4) is 0 Å². The van der Waals surface area contributed by atoms with Gasteiger partial charge < -0.3 is 20.7 Å². The summed E-state index contributed by atoms with van der Waals surface area (Å²) in [4.78, 5) is 2.21. The minimum absolute atomic E-state index is 0.364. The molecule has 0 atom stereocenters. The predicted octanol–water partition coefficient (Wildman–Crippen LogP) is 4.78. The van der Waals surface area contributed by atoms with Crippen LogP contribution in [0, 0.1) is 0 Å². The third-order valence-electron chi connectivity index (χ3n) is 4.82. The van der Waals surface area contributed by atoms with Gasteiger partial charge in [-0.25, -0.2) is 0 Å². The summed E-state index contributed by atoms with van der Waals surface area (Å²) in [5.74, 6) is 1.40. The molecule has 29 heavy (non-hydrogen) atoms. The molecule has 0 spiro atoms. The molecule has 2 aromatic rings. The third kappa shape index (κ3) is 5.47. The molecule has 1 aliphatic rings. The van der Waals surface area contributed by atoms with Crippen LogP contribution in [0.15, 0.2) is 67.1 Å². The first-order chi connectivity index (χ1) is 13.7. The predicted molar refractivity (Wildman–Crippen MR) is 107 cm³/mol. The second-order valence-electron chi connectivity index (χ2n) is 6.99. The van der Waals surface area contributed by atoms with Crippen molar-refractivity contribution in [2.45, 2.75) is 25.6 Å². The van der Waals surface area contributed by atoms with Crippen molar-refractivity contribution in [3.05, 3.63) is 83.8 Å². The monoisotopic (exact) mass is 403 g/mol. The molecule has 1 aliphatic heterocycles. The van der Waals surface area contributed by atoms with Gasteiger partial charge in [-0.1, -0.05) is 19.2 Å². The lowest BCUT2D eigenvalue weighted by atomic mass is 9.99. The molecule has 3 rings (SSSR count). The van der Waals surface area contributed by atoms with E-state index in [2.05, 4.69) is 23.4 Å². The fourth-order valence-electron chi connectivity index (χ4n) is 3.24. The molecule has 0 radical (unpaired) electrons. The summed E-state index contributed by atoms with van der Waals surface area (Å²) >= 11 is 0. The number of nitrogens with two attached hydrogens (primary N) is 1. The van der Waals surface area contributed by atoms with Crippen molar-refractivity contribution in [3.63, 3.8) is 0 Å². The normalized spacial score (nSPS) is 13.6. The number of nitrogens with one attached hydrogen (secondary N) is 1. The first-order valence-electron chi connectivity index (χ1n) is 9.30. The Kier molecular flexibility index (Phi) is 6.06. The Bertz CT molecular complexity index is 891. The smallest absolute Gasteiger partial charge is 0.416 e. The Morgan fingerprint density at radius 1 is 1.07 bits per heavy atom. The van der Waals surface area contributed by atoms with Gasteiger partial charge in [0.15, 0.2) is 0 Å². The average Bonchev–Trinajstić information content (AvgIpc) is 2.67. The van der Waals surface area contributed by atoms with Crippen LogP contribution in [-0.4, -0.2) is 18.0 Å². The summed E-state index contributed by atoms with van der Waals surface area (Å²) < 4.78 is 43.8. The number of benzene rings is 2. The molecule has 0 aliphatic carbocycles. The van der Waals surface area contributed by atoms with Gasteiger partial charge in [0, 0.05) is 31.8 Å². The second-order valence-corrected chi connectivity index (χ2v) is 6.99. The molecule has 0 unspecified atom stereocenters. The van der Waals surface area contributed by atoms with Gasteiger partial charge in [0.2, 0.25) is 0 Å². The molecular formula is C22H24F3N3O. The van der Waals surface area contributed by atoms with E-state index in [9.17, 15) is 13.2 Å². The minimum Gasteiger partial charge on any atom is -0.457 e. The number of alkyl halides is 3. The highest BCUT2D eigenvalue weighted by Crippen LogP contribution is 2.32. The standard InChI is InChI=1S/C22H24F3N3O/c1-15(9-11-27-16(2)26)28-12-10-17-3-6-21(13-18(17)14-28)29-20-7-4-19(5-8-20)22(23,24)25/h3-8,13,27H,1-2,9-12,14,26H2. The van der Waals surface area contributed by atoms with Gasteiger partial charge in [0.1, 0.15) is 11.5 Å². The van der Waals surface area contributed by atoms with Crippen molar-refractivity contribution < 1.29 is 17.9 Å². The highest BCUT2D eigenvalue weighted by atomic mass is 19.4. The molecule has 0 amide bonds. The molecule has 0 saturated carbocycles. The van der Waals surface area contributed by atoms with Crippen LogP contribution >= 0.6 is 0 Å². The van der Waals surface area contributed by atoms with Crippen molar-refractivity contribution in [1.82, 2.24) is 10.2 Å². The van der Waals surface area contributed by atoms with Crippen LogP contribution in [0.25, 0.3) is 0 Å². The number of ether oxygens (including phenoxy) is 1. The lowest BCUT2D eigenvalue weighted by Crippen LogP contribution is -2.31. The summed E-state index contributed by atoms with van der Waals surface area (Å²) in [6.07, 6.45) is -2.71. The molecule has 0 saturated heterocycles. The summed E-state index contributed by atoms with van der Waals surface area (Å²) in [7, 11) is 0. The second kappa shape index (κ2) is 8.51. The van der Waals surface area contributed by atoms with Crippen molar-refractivity contribution >= 4 is 0 Å². The molecule has 0 fully saturated rings. The molecule has 3 N–H and O–H groups in total. The van der Waals surface area contributed by atoms with Crippen LogP contribution in [0.4, 0.5) is 13.2 Å². The Labute approximate surface area is 168 Å². The number of nitrogens with zero attached hydrogens (tertiary/aromatic N) is 1. The van der Waals surface area contributed by atoms with E-state index < -0.39 is 11.7 Å². The zero-order chi connectivity index (χ0) is 21.0. The summed E-state index contributed by atoms with van der Waals surface area (Å²) in [5.41, 5.74) is 8.19. The van der Waals surface area contributed by atoms with E-state index in [1.54, 1.807) is 0 Å². The largest absolute Gasteiger partial charge is 0.457 e. The van der Waals surface area contributed by atoms with E-state index >= 15 is 0 Å². The minimum atomic E-state index is -4.36. The van der Waals surface area contributed by atoms with Gasteiger partial charge in [0.25, 0.3) is 0 Å². The summed E-state index contributed by atoms with van der Waals surface area (Å²) in [6, 6.07) is 10.5. The molecule has 4 nitrogen and oxygen atoms in total. The van der Waals surface area contributed by atoms with Gasteiger partial charge in [-0.05, 0) is 53.9 Å². The number of halogens is 3. The molecular weight excluding hydrogens is 379 g/mol. The van der Waals surface area contributed by atoms with Crippen LogP contribution in [0.5, 0.6) is 11.5 Å². The molecule has 7 heteroatoms. The van der Waals surface area contributed by atoms with Gasteiger partial charge in [0.05, 0.1) is 11.4 Å². The van der Waals surface area contributed by atoms with E-state index in [0.717, 1.165) is 42.8 Å². The maximum absolute atomic E-state index is 12.7. The van der Waals surface area contributed by atoms with Crippen molar-refractivity contribution in [2.75, 3.05) is 13.1 Å². The molecule has 1 heterocycles. The summed E-state index contributed by atoms with van der Waals surface area (Å²) in [5, 5.41) is 2.99. The molecule has 2 aromatic carbocycles. The lowest BCUT2D eigenvalue weighted by Gasteiger charge is -2.32. The third-order valence-corrected chi connectivity index (χ3v) is 4.82. The maximum atomic E-state index is 12.7. The topological polar surface area (TPSA) is 50.5 Å². The molecule has 0 aromatic heterocycles. The van der Waals surface area contributed by atoms with Crippen LogP contribution in [0.1, 0.15) is 23.1 Å².